The van der Waals surface area contributed by atoms with E-state index in [2.05, 4.69) is 0 Å². The molecule has 2 aromatic heterocycles. The number of fused-ring (bicyclic) bond motifs is 1. The molecule has 36 heavy (non-hydrogen) atoms. The molecule has 7 nitrogen and oxygen atoms in total. The number of carbonyl (C=O) groups is 1. The summed E-state index contributed by atoms with van der Waals surface area (Å²) in [4.78, 5) is 32.5. The summed E-state index contributed by atoms with van der Waals surface area (Å²) < 4.78 is 18.6. The molecular formula is C28H24N2O5S. The topological polar surface area (TPSA) is 83.0 Å². The van der Waals surface area contributed by atoms with Gasteiger partial charge < -0.3 is 13.9 Å². The first-order valence-electron chi connectivity index (χ1n) is 11.5. The van der Waals surface area contributed by atoms with Gasteiger partial charge in [0.2, 0.25) is 0 Å². The van der Waals surface area contributed by atoms with Gasteiger partial charge in [-0.2, -0.15) is 0 Å². The molecule has 1 atom stereocenters. The highest BCUT2D eigenvalue weighted by atomic mass is 32.1. The van der Waals surface area contributed by atoms with Crippen LogP contribution in [0.25, 0.3) is 11.8 Å². The third-order valence-corrected chi connectivity index (χ3v) is 6.80. The molecule has 8 heteroatoms. The van der Waals surface area contributed by atoms with E-state index in [1.807, 2.05) is 73.7 Å². The van der Waals surface area contributed by atoms with Crippen molar-refractivity contribution in [3.63, 3.8) is 0 Å². The minimum Gasteiger partial charge on any atom is -0.497 e. The third-order valence-electron chi connectivity index (χ3n) is 5.82. The highest BCUT2D eigenvalue weighted by molar-refractivity contribution is 7.07. The Balaban J connectivity index is 1.84. The van der Waals surface area contributed by atoms with Gasteiger partial charge in [-0.1, -0.05) is 53.8 Å². The molecule has 182 valence electrons. The van der Waals surface area contributed by atoms with Gasteiger partial charge in [-0.05, 0) is 43.7 Å². The predicted octanol–water partition coefficient (Wildman–Crippen LogP) is 3.85. The number of furan rings is 1. The molecule has 3 heterocycles. The summed E-state index contributed by atoms with van der Waals surface area (Å²) in [6.45, 7) is 3.79. The van der Waals surface area contributed by atoms with Gasteiger partial charge in [0.25, 0.3) is 5.56 Å². The molecule has 4 aromatic rings. The van der Waals surface area contributed by atoms with Crippen LogP contribution in [0, 0.1) is 6.92 Å². The number of aryl methyl sites for hydroxylation is 1. The molecule has 0 bridgehead atoms. The average molecular weight is 501 g/mol. The van der Waals surface area contributed by atoms with Crippen molar-refractivity contribution in [2.24, 2.45) is 4.99 Å². The quantitative estimate of drug-likeness (QED) is 0.376. The van der Waals surface area contributed by atoms with Crippen LogP contribution < -0.4 is 19.6 Å². The molecule has 1 unspecified atom stereocenters. The zero-order valence-electron chi connectivity index (χ0n) is 20.1. The SMILES string of the molecule is CCOC(=O)C1=C(c2ccccc2)N=c2sc(=Cc3ccc(C)o3)c(=O)n2C1c1cccc(OC)c1. The molecule has 0 saturated heterocycles. The Kier molecular flexibility index (Phi) is 6.43. The minimum absolute atomic E-state index is 0.192. The molecular weight excluding hydrogens is 476 g/mol. The maximum absolute atomic E-state index is 13.8. The number of hydrogen-bond acceptors (Lipinski definition) is 7. The Morgan fingerprint density at radius 2 is 1.94 bits per heavy atom. The number of esters is 1. The third kappa shape index (κ3) is 4.31. The summed E-state index contributed by atoms with van der Waals surface area (Å²) in [5.41, 5.74) is 1.97. The van der Waals surface area contributed by atoms with Crippen LogP contribution in [0.15, 0.2) is 86.5 Å². The fraction of sp³-hybridized carbons (Fsp3) is 0.179. The van der Waals surface area contributed by atoms with E-state index in [4.69, 9.17) is 18.9 Å². The molecule has 2 aromatic carbocycles. The Labute approximate surface area is 211 Å². The first-order valence-corrected chi connectivity index (χ1v) is 12.3. The lowest BCUT2D eigenvalue weighted by Crippen LogP contribution is -2.40. The van der Waals surface area contributed by atoms with E-state index in [0.717, 1.165) is 11.3 Å². The Morgan fingerprint density at radius 3 is 2.64 bits per heavy atom. The zero-order valence-corrected chi connectivity index (χ0v) is 20.9. The van der Waals surface area contributed by atoms with Crippen LogP contribution in [-0.4, -0.2) is 24.3 Å². The van der Waals surface area contributed by atoms with Crippen LogP contribution in [0.3, 0.4) is 0 Å². The van der Waals surface area contributed by atoms with E-state index in [1.54, 1.807) is 24.7 Å². The second-order valence-corrected chi connectivity index (χ2v) is 9.17. The predicted molar refractivity (Wildman–Crippen MR) is 137 cm³/mol. The van der Waals surface area contributed by atoms with Crippen molar-refractivity contribution in [2.75, 3.05) is 13.7 Å². The van der Waals surface area contributed by atoms with Crippen LogP contribution >= 0.6 is 11.3 Å². The van der Waals surface area contributed by atoms with Gasteiger partial charge in [-0.3, -0.25) is 9.36 Å². The normalized spacial score (nSPS) is 15.4. The number of methoxy groups -OCH3 is 1. The minimum atomic E-state index is -0.758. The van der Waals surface area contributed by atoms with Gasteiger partial charge in [0.15, 0.2) is 4.80 Å². The van der Waals surface area contributed by atoms with Crippen LogP contribution in [0.5, 0.6) is 5.75 Å². The van der Waals surface area contributed by atoms with Crippen molar-refractivity contribution >= 4 is 29.1 Å². The summed E-state index contributed by atoms with van der Waals surface area (Å²) in [6, 6.07) is 19.7. The fourth-order valence-electron chi connectivity index (χ4n) is 4.23. The lowest BCUT2D eigenvalue weighted by molar-refractivity contribution is -0.138. The lowest BCUT2D eigenvalue weighted by atomic mass is 9.93. The van der Waals surface area contributed by atoms with Crippen molar-refractivity contribution in [3.05, 3.63) is 115 Å². The first-order chi connectivity index (χ1) is 17.5. The van der Waals surface area contributed by atoms with E-state index in [9.17, 15) is 9.59 Å². The molecule has 0 spiro atoms. The van der Waals surface area contributed by atoms with E-state index in [1.165, 1.54) is 11.3 Å². The highest BCUT2D eigenvalue weighted by Gasteiger charge is 2.35. The second-order valence-electron chi connectivity index (χ2n) is 8.16. The standard InChI is InChI=1S/C28H24N2O5S/c1-4-34-27(32)23-24(18-9-6-5-7-10-18)29-28-30(25(23)19-11-8-12-20(15-19)33-3)26(31)22(36-28)16-21-14-13-17(2)35-21/h5-16,25H,4H2,1-3H3. The molecule has 1 aliphatic heterocycles. The number of rotatable bonds is 6. The Hall–Kier alpha value is -4.17. The number of aromatic nitrogens is 1. The van der Waals surface area contributed by atoms with Gasteiger partial charge in [0.05, 0.1) is 35.6 Å². The second kappa shape index (κ2) is 9.83. The number of benzene rings is 2. The van der Waals surface area contributed by atoms with Crippen LogP contribution in [0.1, 0.15) is 35.6 Å². The highest BCUT2D eigenvalue weighted by Crippen LogP contribution is 2.36. The maximum atomic E-state index is 13.8. The number of hydrogen-bond donors (Lipinski definition) is 0. The number of thiazole rings is 1. The smallest absolute Gasteiger partial charge is 0.338 e. The van der Waals surface area contributed by atoms with Crippen molar-refractivity contribution < 1.29 is 18.7 Å². The van der Waals surface area contributed by atoms with Gasteiger partial charge in [0, 0.05) is 11.6 Å². The summed E-state index contributed by atoms with van der Waals surface area (Å²) >= 11 is 1.25. The molecule has 5 rings (SSSR count). The maximum Gasteiger partial charge on any atom is 0.338 e. The van der Waals surface area contributed by atoms with E-state index in [0.29, 0.717) is 37.7 Å². The summed E-state index contributed by atoms with van der Waals surface area (Å²) in [5, 5.41) is 0. The molecule has 0 radical (unpaired) electrons. The first kappa shape index (κ1) is 23.6. The Morgan fingerprint density at radius 1 is 1.14 bits per heavy atom. The molecule has 0 amide bonds. The van der Waals surface area contributed by atoms with E-state index in [-0.39, 0.29) is 12.2 Å². The van der Waals surface area contributed by atoms with Crippen LogP contribution in [-0.2, 0) is 9.53 Å². The number of carbonyl (C=O) groups excluding carboxylic acids is 1. The van der Waals surface area contributed by atoms with Gasteiger partial charge in [0.1, 0.15) is 17.3 Å². The van der Waals surface area contributed by atoms with Crippen LogP contribution in [0.4, 0.5) is 0 Å². The van der Waals surface area contributed by atoms with Gasteiger partial charge in [-0.25, -0.2) is 9.79 Å². The molecule has 0 saturated carbocycles. The zero-order chi connectivity index (χ0) is 25.2. The average Bonchev–Trinajstić information content (AvgIpc) is 3.45. The lowest BCUT2D eigenvalue weighted by Gasteiger charge is -2.26. The fourth-order valence-corrected chi connectivity index (χ4v) is 5.21. The van der Waals surface area contributed by atoms with E-state index >= 15 is 0 Å². The van der Waals surface area contributed by atoms with Gasteiger partial charge in [-0.15, -0.1) is 0 Å². The monoisotopic (exact) mass is 500 g/mol. The van der Waals surface area contributed by atoms with Crippen molar-refractivity contribution in [3.8, 4) is 5.75 Å². The Bertz CT molecular complexity index is 1640. The largest absolute Gasteiger partial charge is 0.497 e. The molecule has 0 aliphatic carbocycles. The number of nitrogens with zero attached hydrogens (tertiary/aromatic N) is 2. The van der Waals surface area contributed by atoms with Gasteiger partial charge >= 0.3 is 5.97 Å². The molecule has 1 aliphatic rings. The molecule has 0 N–H and O–H groups in total. The molecule has 0 fully saturated rings. The van der Waals surface area contributed by atoms with Crippen molar-refractivity contribution in [1.29, 1.82) is 0 Å². The van der Waals surface area contributed by atoms with Crippen molar-refractivity contribution in [2.45, 2.75) is 19.9 Å². The summed E-state index contributed by atoms with van der Waals surface area (Å²) in [5.74, 6) is 1.41. The van der Waals surface area contributed by atoms with Crippen molar-refractivity contribution in [1.82, 2.24) is 4.57 Å². The summed E-state index contributed by atoms with van der Waals surface area (Å²) in [6.07, 6.45) is 1.70. The summed E-state index contributed by atoms with van der Waals surface area (Å²) in [7, 11) is 1.58. The number of ether oxygens (including phenoxy) is 2. The van der Waals surface area contributed by atoms with Crippen LogP contribution in [0.2, 0.25) is 0 Å². The van der Waals surface area contributed by atoms with E-state index < -0.39 is 12.0 Å².